The van der Waals surface area contributed by atoms with Crippen LogP contribution in [0.25, 0.3) is 0 Å². The molecule has 2 rings (SSSR count). The van der Waals surface area contributed by atoms with Crippen molar-refractivity contribution in [2.45, 2.75) is 26.7 Å². The largest absolute Gasteiger partial charge is 0.494 e. The Morgan fingerprint density at radius 3 is 2.67 bits per heavy atom. The first-order chi connectivity index (χ1) is 10.1. The van der Waals surface area contributed by atoms with E-state index in [1.54, 1.807) is 11.8 Å². The van der Waals surface area contributed by atoms with Crippen molar-refractivity contribution >= 4 is 17.5 Å². The molecular weight excluding hydrogens is 268 g/mol. The monoisotopic (exact) mass is 290 g/mol. The van der Waals surface area contributed by atoms with Gasteiger partial charge >= 0.3 is 0 Å². The van der Waals surface area contributed by atoms with E-state index in [-0.39, 0.29) is 17.7 Å². The maximum atomic E-state index is 12.3. The first-order valence-electron chi connectivity index (χ1n) is 7.39. The van der Waals surface area contributed by atoms with Crippen LogP contribution in [0.5, 0.6) is 5.75 Å². The zero-order valence-electron chi connectivity index (χ0n) is 12.6. The number of piperidine rings is 1. The highest BCUT2D eigenvalue weighted by Gasteiger charge is 2.26. The fourth-order valence-corrected chi connectivity index (χ4v) is 2.52. The predicted molar refractivity (Wildman–Crippen MR) is 81.2 cm³/mol. The molecule has 0 bridgehead atoms. The second kappa shape index (κ2) is 7.11. The first-order valence-corrected chi connectivity index (χ1v) is 7.39. The molecule has 1 saturated heterocycles. The standard InChI is InChI=1S/C16H22N2O3/c1-3-21-15-8-6-14(7-9-15)17-16(20)13-5-4-10-18(11-13)12(2)19/h6-9,13H,3-5,10-11H2,1-2H3,(H,17,20). The molecular formula is C16H22N2O3. The van der Waals surface area contributed by atoms with Gasteiger partial charge in [-0.05, 0) is 44.0 Å². The van der Waals surface area contributed by atoms with E-state index in [0.29, 0.717) is 13.2 Å². The van der Waals surface area contributed by atoms with Crippen LogP contribution in [0.2, 0.25) is 0 Å². The van der Waals surface area contributed by atoms with Crippen LogP contribution in [0.3, 0.4) is 0 Å². The Bertz CT molecular complexity index is 499. The second-order valence-corrected chi connectivity index (χ2v) is 5.25. The molecule has 1 heterocycles. The van der Waals surface area contributed by atoms with Gasteiger partial charge in [-0.15, -0.1) is 0 Å². The number of amides is 2. The molecule has 1 aromatic carbocycles. The van der Waals surface area contributed by atoms with E-state index in [4.69, 9.17) is 4.74 Å². The van der Waals surface area contributed by atoms with Crippen LogP contribution in [0.15, 0.2) is 24.3 Å². The number of carbonyl (C=O) groups is 2. The third-order valence-electron chi connectivity index (χ3n) is 3.67. The smallest absolute Gasteiger partial charge is 0.229 e. The normalized spacial score (nSPS) is 18.2. The molecule has 1 atom stereocenters. The summed E-state index contributed by atoms with van der Waals surface area (Å²) < 4.78 is 5.37. The van der Waals surface area contributed by atoms with Gasteiger partial charge in [0, 0.05) is 25.7 Å². The molecule has 0 radical (unpaired) electrons. The molecule has 1 unspecified atom stereocenters. The van der Waals surface area contributed by atoms with E-state index in [1.165, 1.54) is 0 Å². The van der Waals surface area contributed by atoms with Gasteiger partial charge < -0.3 is 15.0 Å². The van der Waals surface area contributed by atoms with Gasteiger partial charge in [-0.2, -0.15) is 0 Å². The topological polar surface area (TPSA) is 58.6 Å². The molecule has 5 heteroatoms. The quantitative estimate of drug-likeness (QED) is 0.925. The summed E-state index contributed by atoms with van der Waals surface area (Å²) in [6.45, 7) is 5.36. The summed E-state index contributed by atoms with van der Waals surface area (Å²) in [6.07, 6.45) is 1.70. The summed E-state index contributed by atoms with van der Waals surface area (Å²) in [5.41, 5.74) is 0.753. The minimum absolute atomic E-state index is 0.0230. The summed E-state index contributed by atoms with van der Waals surface area (Å²) in [4.78, 5) is 25.4. The number of likely N-dealkylation sites (tertiary alicyclic amines) is 1. The molecule has 1 N–H and O–H groups in total. The Morgan fingerprint density at radius 1 is 1.33 bits per heavy atom. The molecule has 2 amide bonds. The molecule has 114 valence electrons. The Balaban J connectivity index is 1.92. The molecule has 1 fully saturated rings. The van der Waals surface area contributed by atoms with Crippen molar-refractivity contribution in [2.75, 3.05) is 25.0 Å². The average Bonchev–Trinajstić information content (AvgIpc) is 2.49. The second-order valence-electron chi connectivity index (χ2n) is 5.25. The van der Waals surface area contributed by atoms with Crippen LogP contribution >= 0.6 is 0 Å². The summed E-state index contributed by atoms with van der Waals surface area (Å²) in [5.74, 6) is 0.670. The van der Waals surface area contributed by atoms with Crippen LogP contribution in [0, 0.1) is 5.92 Å². The van der Waals surface area contributed by atoms with E-state index < -0.39 is 0 Å². The first kappa shape index (κ1) is 15.4. The average molecular weight is 290 g/mol. The molecule has 0 saturated carbocycles. The summed E-state index contributed by atoms with van der Waals surface area (Å²) in [6, 6.07) is 7.33. The maximum absolute atomic E-state index is 12.3. The third kappa shape index (κ3) is 4.21. The van der Waals surface area contributed by atoms with Crippen molar-refractivity contribution in [3.05, 3.63) is 24.3 Å². The maximum Gasteiger partial charge on any atom is 0.229 e. The molecule has 0 spiro atoms. The van der Waals surface area contributed by atoms with Crippen LogP contribution in [-0.4, -0.2) is 36.4 Å². The van der Waals surface area contributed by atoms with Gasteiger partial charge in [0.2, 0.25) is 11.8 Å². The van der Waals surface area contributed by atoms with E-state index in [1.807, 2.05) is 31.2 Å². The highest BCUT2D eigenvalue weighted by Crippen LogP contribution is 2.20. The molecule has 0 aliphatic carbocycles. The third-order valence-corrected chi connectivity index (χ3v) is 3.67. The molecule has 5 nitrogen and oxygen atoms in total. The number of nitrogens with one attached hydrogen (secondary N) is 1. The fraction of sp³-hybridized carbons (Fsp3) is 0.500. The van der Waals surface area contributed by atoms with Gasteiger partial charge in [0.1, 0.15) is 5.75 Å². The molecule has 0 aromatic heterocycles. The van der Waals surface area contributed by atoms with Crippen LogP contribution < -0.4 is 10.1 Å². The zero-order valence-corrected chi connectivity index (χ0v) is 12.6. The van der Waals surface area contributed by atoms with E-state index in [0.717, 1.165) is 30.8 Å². The van der Waals surface area contributed by atoms with Gasteiger partial charge in [-0.3, -0.25) is 9.59 Å². The van der Waals surface area contributed by atoms with Crippen LogP contribution in [0.1, 0.15) is 26.7 Å². The molecule has 1 aromatic rings. The van der Waals surface area contributed by atoms with Crippen molar-refractivity contribution < 1.29 is 14.3 Å². The van der Waals surface area contributed by atoms with Crippen molar-refractivity contribution in [3.63, 3.8) is 0 Å². The van der Waals surface area contributed by atoms with E-state index in [2.05, 4.69) is 5.32 Å². The number of carbonyl (C=O) groups excluding carboxylic acids is 2. The Hall–Kier alpha value is -2.04. The van der Waals surface area contributed by atoms with Gasteiger partial charge in [-0.25, -0.2) is 0 Å². The molecule has 21 heavy (non-hydrogen) atoms. The number of ether oxygens (including phenoxy) is 1. The number of hydrogen-bond donors (Lipinski definition) is 1. The van der Waals surface area contributed by atoms with Gasteiger partial charge in [-0.1, -0.05) is 0 Å². The van der Waals surface area contributed by atoms with Crippen LogP contribution in [-0.2, 0) is 9.59 Å². The molecule has 1 aliphatic rings. The lowest BCUT2D eigenvalue weighted by Crippen LogP contribution is -2.42. The van der Waals surface area contributed by atoms with Crippen LogP contribution in [0.4, 0.5) is 5.69 Å². The minimum Gasteiger partial charge on any atom is -0.494 e. The summed E-state index contributed by atoms with van der Waals surface area (Å²) >= 11 is 0. The van der Waals surface area contributed by atoms with E-state index in [9.17, 15) is 9.59 Å². The van der Waals surface area contributed by atoms with Crippen molar-refractivity contribution in [3.8, 4) is 5.75 Å². The van der Waals surface area contributed by atoms with Gasteiger partial charge in [0.15, 0.2) is 0 Å². The zero-order chi connectivity index (χ0) is 15.2. The number of rotatable bonds is 4. The Kier molecular flexibility index (Phi) is 5.20. The lowest BCUT2D eigenvalue weighted by atomic mass is 9.97. The number of hydrogen-bond acceptors (Lipinski definition) is 3. The molecule has 1 aliphatic heterocycles. The minimum atomic E-state index is -0.130. The number of anilines is 1. The van der Waals surface area contributed by atoms with Gasteiger partial charge in [0.05, 0.1) is 12.5 Å². The number of benzene rings is 1. The summed E-state index contributed by atoms with van der Waals surface area (Å²) in [5, 5.41) is 2.91. The fourth-order valence-electron chi connectivity index (χ4n) is 2.52. The van der Waals surface area contributed by atoms with Crippen molar-refractivity contribution in [1.82, 2.24) is 4.90 Å². The highest BCUT2D eigenvalue weighted by atomic mass is 16.5. The lowest BCUT2D eigenvalue weighted by Gasteiger charge is -2.31. The Morgan fingerprint density at radius 2 is 2.05 bits per heavy atom. The van der Waals surface area contributed by atoms with Crippen molar-refractivity contribution in [2.24, 2.45) is 5.92 Å². The highest BCUT2D eigenvalue weighted by molar-refractivity contribution is 5.93. The lowest BCUT2D eigenvalue weighted by molar-refractivity contribution is -0.132. The Labute approximate surface area is 125 Å². The summed E-state index contributed by atoms with van der Waals surface area (Å²) in [7, 11) is 0. The SMILES string of the molecule is CCOc1ccc(NC(=O)C2CCCN(C(C)=O)C2)cc1. The van der Waals surface area contributed by atoms with Gasteiger partial charge in [0.25, 0.3) is 0 Å². The van der Waals surface area contributed by atoms with Crippen molar-refractivity contribution in [1.29, 1.82) is 0 Å². The number of nitrogens with zero attached hydrogens (tertiary/aromatic N) is 1. The predicted octanol–water partition coefficient (Wildman–Crippen LogP) is 2.28. The van der Waals surface area contributed by atoms with E-state index >= 15 is 0 Å².